The molecular weight excluding hydrogens is 403 g/mol. The minimum atomic E-state index is -0.977. The second kappa shape index (κ2) is 7.63. The third kappa shape index (κ3) is 3.41. The largest absolute Gasteiger partial charge is 0.384 e. The number of fused-ring (bicyclic) bond motifs is 2. The Morgan fingerprint density at radius 2 is 1.94 bits per heavy atom. The predicted molar refractivity (Wildman–Crippen MR) is 115 cm³/mol. The third-order valence-electron chi connectivity index (χ3n) is 5.10. The van der Waals surface area contributed by atoms with E-state index in [4.69, 9.17) is 5.73 Å². The van der Waals surface area contributed by atoms with Gasteiger partial charge in [-0.2, -0.15) is 4.39 Å². The van der Waals surface area contributed by atoms with E-state index in [9.17, 15) is 19.3 Å². The average molecular weight is 422 g/mol. The van der Waals surface area contributed by atoms with Crippen molar-refractivity contribution >= 4 is 39.6 Å². The number of nitrogens with zero attached hydrogens (tertiary/aromatic N) is 4. The lowest BCUT2D eigenvalue weighted by Crippen LogP contribution is -2.32. The minimum absolute atomic E-state index is 0.00650. The van der Waals surface area contributed by atoms with E-state index >= 15 is 0 Å². The monoisotopic (exact) mass is 422 g/mol. The molecular formula is C21H19FN6O3. The van der Waals surface area contributed by atoms with Gasteiger partial charge < -0.3 is 11.1 Å². The van der Waals surface area contributed by atoms with Crippen molar-refractivity contribution in [2.75, 3.05) is 5.73 Å². The average Bonchev–Trinajstić information content (AvgIpc) is 3.03. The Labute approximate surface area is 175 Å². The first-order valence-electron chi connectivity index (χ1n) is 9.63. The molecule has 31 heavy (non-hydrogen) atoms. The van der Waals surface area contributed by atoms with E-state index in [1.165, 1.54) is 10.6 Å². The van der Waals surface area contributed by atoms with Gasteiger partial charge in [0, 0.05) is 12.1 Å². The Kier molecular flexibility index (Phi) is 4.97. The molecule has 2 aromatic heterocycles. The van der Waals surface area contributed by atoms with Crippen molar-refractivity contribution in [3.63, 3.8) is 0 Å². The number of nitrogen functional groups attached to an aromatic ring is 1. The van der Waals surface area contributed by atoms with Crippen LogP contribution in [0.5, 0.6) is 0 Å². The molecule has 0 aliphatic carbocycles. The van der Waals surface area contributed by atoms with E-state index in [-0.39, 0.29) is 34.3 Å². The number of halogens is 1. The van der Waals surface area contributed by atoms with Crippen LogP contribution in [0.4, 0.5) is 15.9 Å². The summed E-state index contributed by atoms with van der Waals surface area (Å²) in [5.74, 6) is -1.40. The van der Waals surface area contributed by atoms with Gasteiger partial charge in [0.1, 0.15) is 16.9 Å². The lowest BCUT2D eigenvalue weighted by molar-refractivity contribution is -0.387. The number of hydrogen-bond acceptors (Lipinski definition) is 6. The minimum Gasteiger partial charge on any atom is -0.384 e. The molecule has 1 unspecified atom stereocenters. The zero-order valence-corrected chi connectivity index (χ0v) is 16.8. The molecule has 0 fully saturated rings. The number of nitro benzene ring substituents is 1. The van der Waals surface area contributed by atoms with Crippen molar-refractivity contribution in [1.29, 1.82) is 0 Å². The van der Waals surface area contributed by atoms with Crippen LogP contribution < -0.4 is 11.1 Å². The van der Waals surface area contributed by atoms with Gasteiger partial charge in [-0.05, 0) is 37.6 Å². The Balaban J connectivity index is 2.04. The highest BCUT2D eigenvalue weighted by Crippen LogP contribution is 2.32. The molecule has 0 saturated carbocycles. The number of carbonyl (C=O) groups excluding carboxylic acids is 1. The Hall–Kier alpha value is -4.08. The van der Waals surface area contributed by atoms with Crippen molar-refractivity contribution in [2.24, 2.45) is 0 Å². The molecule has 158 valence electrons. The maximum atomic E-state index is 13.9. The first-order chi connectivity index (χ1) is 14.8. The van der Waals surface area contributed by atoms with Crippen LogP contribution in [0, 0.1) is 15.9 Å². The topological polar surface area (TPSA) is 129 Å². The van der Waals surface area contributed by atoms with Gasteiger partial charge in [0.05, 0.1) is 21.6 Å². The van der Waals surface area contributed by atoms with Gasteiger partial charge in [0.2, 0.25) is 5.82 Å². The van der Waals surface area contributed by atoms with Crippen LogP contribution in [0.1, 0.15) is 30.6 Å². The molecule has 9 nitrogen and oxygen atoms in total. The van der Waals surface area contributed by atoms with Crippen LogP contribution in [0.25, 0.3) is 27.9 Å². The van der Waals surface area contributed by atoms with Crippen LogP contribution in [0.3, 0.4) is 0 Å². The summed E-state index contributed by atoms with van der Waals surface area (Å²) in [6, 6.07) is 10.4. The van der Waals surface area contributed by atoms with Gasteiger partial charge in [-0.15, -0.1) is 0 Å². The summed E-state index contributed by atoms with van der Waals surface area (Å²) >= 11 is 0. The fourth-order valence-corrected chi connectivity index (χ4v) is 3.32. The molecule has 4 aromatic rings. The number of carbonyl (C=O) groups is 1. The summed E-state index contributed by atoms with van der Waals surface area (Å²) in [6.07, 6.45) is 0.711. The first-order valence-corrected chi connectivity index (χ1v) is 9.63. The number of nitrogens with one attached hydrogen (secondary N) is 1. The highest BCUT2D eigenvalue weighted by Gasteiger charge is 2.26. The number of amides is 1. The number of anilines is 1. The molecule has 0 spiro atoms. The molecule has 10 heteroatoms. The molecule has 2 aromatic carbocycles. The van der Waals surface area contributed by atoms with Crippen molar-refractivity contribution < 1.29 is 14.1 Å². The van der Waals surface area contributed by atoms with Gasteiger partial charge in [0.25, 0.3) is 5.91 Å². The number of hydrogen-bond donors (Lipinski definition) is 2. The highest BCUT2D eigenvalue weighted by molar-refractivity contribution is 6.11. The van der Waals surface area contributed by atoms with E-state index in [0.29, 0.717) is 17.5 Å². The second-order valence-electron chi connectivity index (χ2n) is 7.16. The lowest BCUT2D eigenvalue weighted by Gasteiger charge is -2.11. The Morgan fingerprint density at radius 1 is 1.26 bits per heavy atom. The number of para-hydroxylation sites is 2. The summed E-state index contributed by atoms with van der Waals surface area (Å²) in [4.78, 5) is 32.6. The smallest absolute Gasteiger partial charge is 0.306 e. The van der Waals surface area contributed by atoms with Crippen molar-refractivity contribution in [3.8, 4) is 5.69 Å². The van der Waals surface area contributed by atoms with E-state index in [0.717, 1.165) is 12.1 Å². The molecule has 2 heterocycles. The van der Waals surface area contributed by atoms with E-state index in [1.807, 2.05) is 13.8 Å². The van der Waals surface area contributed by atoms with E-state index in [1.54, 1.807) is 24.3 Å². The maximum Gasteiger partial charge on any atom is 0.306 e. The van der Waals surface area contributed by atoms with Gasteiger partial charge >= 0.3 is 5.69 Å². The molecule has 0 bridgehead atoms. The molecule has 0 saturated heterocycles. The number of rotatable bonds is 5. The molecule has 3 N–H and O–H groups in total. The lowest BCUT2D eigenvalue weighted by atomic mass is 10.2. The number of benzene rings is 2. The zero-order valence-electron chi connectivity index (χ0n) is 16.8. The fraction of sp³-hybridized carbons (Fsp3) is 0.190. The molecule has 0 radical (unpaired) electrons. The maximum absolute atomic E-state index is 13.9. The fourth-order valence-electron chi connectivity index (χ4n) is 3.32. The predicted octanol–water partition coefficient (Wildman–Crippen LogP) is 3.73. The summed E-state index contributed by atoms with van der Waals surface area (Å²) < 4.78 is 15.3. The van der Waals surface area contributed by atoms with Crippen LogP contribution in [-0.2, 0) is 0 Å². The normalized spacial score (nSPS) is 12.2. The van der Waals surface area contributed by atoms with Gasteiger partial charge in [0.15, 0.2) is 5.65 Å². The van der Waals surface area contributed by atoms with Gasteiger partial charge in [-0.25, -0.2) is 9.97 Å². The SMILES string of the molecule is CCC(C)NC(=O)c1c(N)n(-c2ccc(F)c([N+](=O)[O-])c2)c2nc3ccccc3nc12. The Bertz CT molecular complexity index is 1350. The van der Waals surface area contributed by atoms with Crippen LogP contribution in [0.2, 0.25) is 0 Å². The molecule has 0 aliphatic rings. The summed E-state index contributed by atoms with van der Waals surface area (Å²) in [5.41, 5.74) is 7.57. The van der Waals surface area contributed by atoms with Crippen molar-refractivity contribution in [2.45, 2.75) is 26.3 Å². The summed E-state index contributed by atoms with van der Waals surface area (Å²) in [6.45, 7) is 3.79. The van der Waals surface area contributed by atoms with E-state index < -0.39 is 22.3 Å². The molecule has 4 rings (SSSR count). The van der Waals surface area contributed by atoms with Crippen molar-refractivity contribution in [3.05, 3.63) is 64.0 Å². The molecule has 1 atom stereocenters. The number of nitrogens with two attached hydrogens (primary N) is 1. The highest BCUT2D eigenvalue weighted by atomic mass is 19.1. The molecule has 0 aliphatic heterocycles. The van der Waals surface area contributed by atoms with Crippen LogP contribution >= 0.6 is 0 Å². The second-order valence-corrected chi connectivity index (χ2v) is 7.16. The van der Waals surface area contributed by atoms with Crippen LogP contribution in [0.15, 0.2) is 42.5 Å². The number of nitro groups is 1. The van der Waals surface area contributed by atoms with Gasteiger partial charge in [-0.1, -0.05) is 19.1 Å². The quantitative estimate of drug-likeness (QED) is 0.372. The standard InChI is InChI=1S/C21H19FN6O3/c1-3-11(2)24-21(29)17-18-20(26-15-7-5-4-6-14(15)25-18)27(19(17)23)12-8-9-13(22)16(10-12)28(30)31/h4-11H,3,23H2,1-2H3,(H,24,29). The Morgan fingerprint density at radius 3 is 2.58 bits per heavy atom. The van der Waals surface area contributed by atoms with E-state index in [2.05, 4.69) is 15.3 Å². The third-order valence-corrected chi connectivity index (χ3v) is 5.10. The first kappa shape index (κ1) is 20.2. The summed E-state index contributed by atoms with van der Waals surface area (Å²) in [7, 11) is 0. The van der Waals surface area contributed by atoms with Gasteiger partial charge in [-0.3, -0.25) is 19.5 Å². The summed E-state index contributed by atoms with van der Waals surface area (Å²) in [5, 5.41) is 14.1. The number of aromatic nitrogens is 3. The van der Waals surface area contributed by atoms with Crippen molar-refractivity contribution in [1.82, 2.24) is 19.9 Å². The molecule has 1 amide bonds. The van der Waals surface area contributed by atoms with Crippen LogP contribution in [-0.4, -0.2) is 31.4 Å². The zero-order chi connectivity index (χ0) is 22.3.